The zero-order valence-electron chi connectivity index (χ0n) is 15.5. The first kappa shape index (κ1) is 17.9. The van der Waals surface area contributed by atoms with Gasteiger partial charge in [0.05, 0.1) is 28.7 Å². The van der Waals surface area contributed by atoms with Crippen LogP contribution in [0.3, 0.4) is 0 Å². The zero-order chi connectivity index (χ0) is 18.0. The first-order valence-corrected chi connectivity index (χ1v) is 9.21. The SMILES string of the molecule is CNc1cc(N2CC(OC)C2)c(C(=O)N[C@H]2CC[C@H](C)CC2)cc1N. The summed E-state index contributed by atoms with van der Waals surface area (Å²) in [6.45, 7) is 3.87. The van der Waals surface area contributed by atoms with Crippen molar-refractivity contribution in [2.75, 3.05) is 43.2 Å². The van der Waals surface area contributed by atoms with E-state index in [-0.39, 0.29) is 18.1 Å². The van der Waals surface area contributed by atoms with E-state index in [9.17, 15) is 4.79 Å². The Bertz CT molecular complexity index is 620. The number of hydrogen-bond acceptors (Lipinski definition) is 5. The zero-order valence-corrected chi connectivity index (χ0v) is 15.5. The molecule has 1 aromatic carbocycles. The molecule has 2 fully saturated rings. The van der Waals surface area contributed by atoms with Crippen LogP contribution in [0.15, 0.2) is 12.1 Å². The maximum atomic E-state index is 12.9. The van der Waals surface area contributed by atoms with Crippen LogP contribution in [0.25, 0.3) is 0 Å². The van der Waals surface area contributed by atoms with Gasteiger partial charge < -0.3 is 26.0 Å². The first-order chi connectivity index (χ1) is 12.0. The molecule has 6 nitrogen and oxygen atoms in total. The predicted octanol–water partition coefficient (Wildman–Crippen LogP) is 2.45. The molecule has 0 aromatic heterocycles. The molecule has 1 aliphatic carbocycles. The average molecular weight is 346 g/mol. The number of nitrogens with zero attached hydrogens (tertiary/aromatic N) is 1. The predicted molar refractivity (Wildman–Crippen MR) is 102 cm³/mol. The van der Waals surface area contributed by atoms with E-state index < -0.39 is 0 Å². The summed E-state index contributed by atoms with van der Waals surface area (Å²) >= 11 is 0. The lowest BCUT2D eigenvalue weighted by molar-refractivity contribution is 0.0782. The van der Waals surface area contributed by atoms with Gasteiger partial charge in [-0.1, -0.05) is 6.92 Å². The van der Waals surface area contributed by atoms with Crippen LogP contribution in [0, 0.1) is 5.92 Å². The number of nitrogen functional groups attached to an aromatic ring is 1. The third-order valence-corrected chi connectivity index (χ3v) is 5.55. The highest BCUT2D eigenvalue weighted by atomic mass is 16.5. The lowest BCUT2D eigenvalue weighted by atomic mass is 9.87. The summed E-state index contributed by atoms with van der Waals surface area (Å²) in [4.78, 5) is 15.1. The summed E-state index contributed by atoms with van der Waals surface area (Å²) in [6.07, 6.45) is 4.70. The second-order valence-electron chi connectivity index (χ2n) is 7.40. The fourth-order valence-corrected chi connectivity index (χ4v) is 3.72. The van der Waals surface area contributed by atoms with Gasteiger partial charge in [0.15, 0.2) is 0 Å². The molecule has 1 amide bonds. The number of carbonyl (C=O) groups is 1. The lowest BCUT2D eigenvalue weighted by Crippen LogP contribution is -2.52. The van der Waals surface area contributed by atoms with Gasteiger partial charge in [-0.2, -0.15) is 0 Å². The van der Waals surface area contributed by atoms with Crippen LogP contribution in [0.4, 0.5) is 17.1 Å². The quantitative estimate of drug-likeness (QED) is 0.714. The Labute approximate surface area is 150 Å². The summed E-state index contributed by atoms with van der Waals surface area (Å²) in [5, 5.41) is 6.32. The van der Waals surface area contributed by atoms with Crippen molar-refractivity contribution in [3.63, 3.8) is 0 Å². The Kier molecular flexibility index (Phi) is 5.37. The summed E-state index contributed by atoms with van der Waals surface area (Å²) < 4.78 is 5.37. The first-order valence-electron chi connectivity index (χ1n) is 9.21. The van der Waals surface area contributed by atoms with Crippen LogP contribution < -0.4 is 21.3 Å². The van der Waals surface area contributed by atoms with E-state index in [4.69, 9.17) is 10.5 Å². The van der Waals surface area contributed by atoms with Crippen LogP contribution in [0.5, 0.6) is 0 Å². The summed E-state index contributed by atoms with van der Waals surface area (Å²) in [5.74, 6) is 0.742. The molecule has 25 heavy (non-hydrogen) atoms. The van der Waals surface area contributed by atoms with Gasteiger partial charge in [0.1, 0.15) is 0 Å². The third kappa shape index (κ3) is 3.84. The van der Waals surface area contributed by atoms with Gasteiger partial charge in [0, 0.05) is 33.3 Å². The molecular weight excluding hydrogens is 316 g/mol. The fourth-order valence-electron chi connectivity index (χ4n) is 3.72. The van der Waals surface area contributed by atoms with E-state index >= 15 is 0 Å². The number of carbonyl (C=O) groups excluding carboxylic acids is 1. The van der Waals surface area contributed by atoms with Crippen molar-refractivity contribution in [2.24, 2.45) is 5.92 Å². The highest BCUT2D eigenvalue weighted by Gasteiger charge is 2.31. The van der Waals surface area contributed by atoms with E-state index in [1.807, 2.05) is 13.1 Å². The van der Waals surface area contributed by atoms with Gasteiger partial charge >= 0.3 is 0 Å². The van der Waals surface area contributed by atoms with Gasteiger partial charge in [-0.15, -0.1) is 0 Å². The van der Waals surface area contributed by atoms with Crippen molar-refractivity contribution in [2.45, 2.75) is 44.8 Å². The van der Waals surface area contributed by atoms with Gasteiger partial charge in [0.2, 0.25) is 0 Å². The molecule has 2 aliphatic rings. The molecule has 4 N–H and O–H groups in total. The molecule has 6 heteroatoms. The minimum Gasteiger partial charge on any atom is -0.397 e. The van der Waals surface area contributed by atoms with Gasteiger partial charge in [0.25, 0.3) is 5.91 Å². The molecular formula is C19H30N4O2. The van der Waals surface area contributed by atoms with Crippen molar-refractivity contribution in [1.82, 2.24) is 5.32 Å². The molecule has 138 valence electrons. The van der Waals surface area contributed by atoms with Crippen molar-refractivity contribution < 1.29 is 9.53 Å². The molecule has 0 atom stereocenters. The number of nitrogens with two attached hydrogens (primary N) is 1. The second kappa shape index (κ2) is 7.52. The van der Waals surface area contributed by atoms with Crippen LogP contribution >= 0.6 is 0 Å². The third-order valence-electron chi connectivity index (χ3n) is 5.55. The molecule has 0 radical (unpaired) electrons. The van der Waals surface area contributed by atoms with Crippen molar-refractivity contribution in [3.8, 4) is 0 Å². The topological polar surface area (TPSA) is 79.6 Å². The molecule has 1 saturated heterocycles. The van der Waals surface area contributed by atoms with E-state index in [1.165, 1.54) is 12.8 Å². The number of ether oxygens (including phenoxy) is 1. The average Bonchev–Trinajstić information content (AvgIpc) is 2.56. The molecule has 1 aromatic rings. The monoisotopic (exact) mass is 346 g/mol. The maximum absolute atomic E-state index is 12.9. The normalized spacial score (nSPS) is 23.9. The Morgan fingerprint density at radius 3 is 2.52 bits per heavy atom. The van der Waals surface area contributed by atoms with Crippen molar-refractivity contribution in [1.29, 1.82) is 0 Å². The Hall–Kier alpha value is -1.95. The molecule has 0 spiro atoms. The minimum absolute atomic E-state index is 0.0234. The Balaban J connectivity index is 1.78. The minimum atomic E-state index is -0.0234. The number of amides is 1. The molecule has 0 unspecified atom stereocenters. The highest BCUT2D eigenvalue weighted by Crippen LogP contribution is 2.33. The van der Waals surface area contributed by atoms with Crippen LogP contribution in [-0.2, 0) is 4.74 Å². The van der Waals surface area contributed by atoms with Crippen molar-refractivity contribution in [3.05, 3.63) is 17.7 Å². The Morgan fingerprint density at radius 1 is 1.24 bits per heavy atom. The number of nitrogens with one attached hydrogen (secondary N) is 2. The van der Waals surface area contributed by atoms with E-state index in [1.54, 1.807) is 13.2 Å². The molecule has 3 rings (SSSR count). The van der Waals surface area contributed by atoms with Gasteiger partial charge in [-0.3, -0.25) is 4.79 Å². The van der Waals surface area contributed by atoms with Crippen molar-refractivity contribution >= 4 is 23.0 Å². The molecule has 1 aliphatic heterocycles. The number of anilines is 3. The molecule has 1 heterocycles. The summed E-state index contributed by atoms with van der Waals surface area (Å²) in [5.41, 5.74) is 9.14. The van der Waals surface area contributed by atoms with Gasteiger partial charge in [-0.25, -0.2) is 0 Å². The van der Waals surface area contributed by atoms with E-state index in [2.05, 4.69) is 22.5 Å². The van der Waals surface area contributed by atoms with Crippen LogP contribution in [-0.4, -0.2) is 45.3 Å². The van der Waals surface area contributed by atoms with Crippen LogP contribution in [0.2, 0.25) is 0 Å². The smallest absolute Gasteiger partial charge is 0.253 e. The number of benzene rings is 1. The number of methoxy groups -OCH3 is 1. The molecule has 1 saturated carbocycles. The van der Waals surface area contributed by atoms with Crippen LogP contribution in [0.1, 0.15) is 43.0 Å². The standard InChI is InChI=1S/C19H30N4O2/c1-12-4-6-13(7-5-12)22-19(24)15-8-16(20)17(21-2)9-18(15)23-10-14(11-23)25-3/h8-9,12-14,21H,4-7,10-11,20H2,1-3H3,(H,22,24)/t12-,13-. The molecule has 0 bridgehead atoms. The maximum Gasteiger partial charge on any atom is 0.253 e. The van der Waals surface area contributed by atoms with E-state index in [0.29, 0.717) is 11.3 Å². The second-order valence-corrected chi connectivity index (χ2v) is 7.40. The number of rotatable bonds is 5. The fraction of sp³-hybridized carbons (Fsp3) is 0.632. The summed E-state index contributed by atoms with van der Waals surface area (Å²) in [7, 11) is 3.56. The Morgan fingerprint density at radius 2 is 1.92 bits per heavy atom. The summed E-state index contributed by atoms with van der Waals surface area (Å²) in [6, 6.07) is 4.03. The van der Waals surface area contributed by atoms with E-state index in [0.717, 1.165) is 43.2 Å². The number of hydrogen-bond donors (Lipinski definition) is 3. The van der Waals surface area contributed by atoms with Gasteiger partial charge in [-0.05, 0) is 43.7 Å². The highest BCUT2D eigenvalue weighted by molar-refractivity contribution is 6.02. The largest absolute Gasteiger partial charge is 0.397 e. The lowest BCUT2D eigenvalue weighted by Gasteiger charge is -2.41.